The van der Waals surface area contributed by atoms with Crippen molar-refractivity contribution in [1.82, 2.24) is 10.2 Å². The Balaban J connectivity index is 1.27. The summed E-state index contributed by atoms with van der Waals surface area (Å²) in [7, 11) is 0. The summed E-state index contributed by atoms with van der Waals surface area (Å²) in [6, 6.07) is 18.9. The molecule has 8 nitrogen and oxygen atoms in total. The summed E-state index contributed by atoms with van der Waals surface area (Å²) < 4.78 is 10.8. The monoisotopic (exact) mass is 445 g/mol. The molecule has 0 radical (unpaired) electrons. The van der Waals surface area contributed by atoms with E-state index in [1.807, 2.05) is 36.4 Å². The van der Waals surface area contributed by atoms with Crippen molar-refractivity contribution in [2.45, 2.75) is 5.22 Å². The van der Waals surface area contributed by atoms with Crippen molar-refractivity contribution in [1.29, 1.82) is 0 Å². The van der Waals surface area contributed by atoms with Crippen LogP contribution in [0.4, 0.5) is 5.69 Å². The van der Waals surface area contributed by atoms with Crippen LogP contribution in [0.1, 0.15) is 10.4 Å². The van der Waals surface area contributed by atoms with E-state index < -0.39 is 10.9 Å². The van der Waals surface area contributed by atoms with Gasteiger partial charge in [0.05, 0.1) is 16.2 Å². The van der Waals surface area contributed by atoms with Crippen molar-refractivity contribution < 1.29 is 18.9 Å². The molecule has 0 aliphatic rings. The molecule has 1 aromatic heterocycles. The van der Waals surface area contributed by atoms with Crippen molar-refractivity contribution in [3.63, 3.8) is 0 Å². The second kappa shape index (κ2) is 9.76. The largest absolute Gasteiger partial charge is 0.449 e. The van der Waals surface area contributed by atoms with Gasteiger partial charge < -0.3 is 9.15 Å². The molecule has 0 bridgehead atoms. The molecule has 0 atom stereocenters. The number of carbonyl (C=O) groups excluding carboxylic acids is 1. The number of aromatic nitrogens is 2. The SMILES string of the molecule is O=C(OCC#CCSc1nnc(-c2ccc([N+](=O)[O-])cc2)o1)c1cccc2ccccc12. The Kier molecular flexibility index (Phi) is 6.43. The summed E-state index contributed by atoms with van der Waals surface area (Å²) in [5, 5.41) is 20.7. The fourth-order valence-corrected chi connectivity index (χ4v) is 3.43. The molecule has 3 aromatic carbocycles. The Morgan fingerprint density at radius 1 is 1.03 bits per heavy atom. The maximum absolute atomic E-state index is 12.3. The number of non-ortho nitro benzene ring substituents is 1. The Labute approximate surface area is 186 Å². The fraction of sp³-hybridized carbons (Fsp3) is 0.0870. The Bertz CT molecular complexity index is 1330. The van der Waals surface area contributed by atoms with Gasteiger partial charge in [0.15, 0.2) is 6.61 Å². The van der Waals surface area contributed by atoms with E-state index in [1.165, 1.54) is 23.9 Å². The number of benzene rings is 3. The number of thioether (sulfide) groups is 1. The van der Waals surface area contributed by atoms with Gasteiger partial charge in [-0.1, -0.05) is 60.0 Å². The molecule has 0 aliphatic heterocycles. The molecule has 1 heterocycles. The minimum Gasteiger partial charge on any atom is -0.449 e. The van der Waals surface area contributed by atoms with Crippen LogP contribution in [0, 0.1) is 22.0 Å². The molecular formula is C23H15N3O5S. The molecule has 0 saturated heterocycles. The third-order valence-corrected chi connectivity index (χ3v) is 5.11. The first-order valence-electron chi connectivity index (χ1n) is 9.43. The van der Waals surface area contributed by atoms with Gasteiger partial charge in [-0.2, -0.15) is 0 Å². The zero-order chi connectivity index (χ0) is 22.3. The molecule has 0 spiro atoms. The Hall–Kier alpha value is -4.16. The Morgan fingerprint density at radius 2 is 1.81 bits per heavy atom. The van der Waals surface area contributed by atoms with E-state index in [9.17, 15) is 14.9 Å². The molecule has 0 unspecified atom stereocenters. The lowest BCUT2D eigenvalue weighted by atomic mass is 10.1. The zero-order valence-corrected chi connectivity index (χ0v) is 17.4. The lowest BCUT2D eigenvalue weighted by molar-refractivity contribution is -0.384. The van der Waals surface area contributed by atoms with Gasteiger partial charge in [0, 0.05) is 17.7 Å². The number of nitro groups is 1. The highest BCUT2D eigenvalue weighted by atomic mass is 32.2. The van der Waals surface area contributed by atoms with Gasteiger partial charge >= 0.3 is 5.97 Å². The summed E-state index contributed by atoms with van der Waals surface area (Å²) in [5.41, 5.74) is 1.07. The van der Waals surface area contributed by atoms with Crippen molar-refractivity contribution in [2.24, 2.45) is 0 Å². The van der Waals surface area contributed by atoms with Crippen LogP contribution in [0.3, 0.4) is 0 Å². The quantitative estimate of drug-likeness (QED) is 0.138. The van der Waals surface area contributed by atoms with E-state index in [0.29, 0.717) is 22.1 Å². The van der Waals surface area contributed by atoms with E-state index in [-0.39, 0.29) is 18.2 Å². The number of fused-ring (bicyclic) bond motifs is 1. The van der Waals surface area contributed by atoms with E-state index in [2.05, 4.69) is 22.0 Å². The van der Waals surface area contributed by atoms with Crippen molar-refractivity contribution in [3.05, 3.63) is 82.4 Å². The smallest absolute Gasteiger partial charge is 0.339 e. The summed E-state index contributed by atoms with van der Waals surface area (Å²) in [6.45, 7) is -0.0273. The van der Waals surface area contributed by atoms with E-state index in [0.717, 1.165) is 10.8 Å². The molecule has 0 saturated carbocycles. The number of ether oxygens (including phenoxy) is 1. The average Bonchev–Trinajstić information content (AvgIpc) is 3.30. The molecule has 4 rings (SSSR count). The van der Waals surface area contributed by atoms with Crippen LogP contribution in [0.2, 0.25) is 0 Å². The first-order chi connectivity index (χ1) is 15.6. The van der Waals surface area contributed by atoms with Gasteiger partial charge in [-0.25, -0.2) is 4.79 Å². The zero-order valence-electron chi connectivity index (χ0n) is 16.6. The van der Waals surface area contributed by atoms with Gasteiger partial charge in [-0.3, -0.25) is 10.1 Å². The van der Waals surface area contributed by atoms with E-state index in [4.69, 9.17) is 9.15 Å². The third-order valence-electron chi connectivity index (χ3n) is 4.41. The molecular weight excluding hydrogens is 430 g/mol. The number of nitrogens with zero attached hydrogens (tertiary/aromatic N) is 3. The lowest BCUT2D eigenvalue weighted by Crippen LogP contribution is -2.06. The minimum absolute atomic E-state index is 0.0145. The molecule has 32 heavy (non-hydrogen) atoms. The van der Waals surface area contributed by atoms with Crippen LogP contribution in [-0.4, -0.2) is 33.4 Å². The molecule has 158 valence electrons. The first-order valence-corrected chi connectivity index (χ1v) is 10.4. The summed E-state index contributed by atoms with van der Waals surface area (Å²) in [6.07, 6.45) is 0. The molecule has 0 aliphatic carbocycles. The molecule has 0 N–H and O–H groups in total. The van der Waals surface area contributed by atoms with Crippen molar-refractivity contribution >= 4 is 34.2 Å². The fourth-order valence-electron chi connectivity index (χ4n) is 2.89. The molecule has 9 heteroatoms. The first kappa shape index (κ1) is 21.1. The van der Waals surface area contributed by atoms with Gasteiger partial charge in [-0.05, 0) is 29.0 Å². The minimum atomic E-state index is -0.475. The molecule has 0 fully saturated rings. The van der Waals surface area contributed by atoms with Gasteiger partial charge in [-0.15, -0.1) is 10.2 Å². The van der Waals surface area contributed by atoms with Crippen LogP contribution in [-0.2, 0) is 4.74 Å². The lowest BCUT2D eigenvalue weighted by Gasteiger charge is -2.05. The van der Waals surface area contributed by atoms with Gasteiger partial charge in [0.25, 0.3) is 10.9 Å². The number of hydrogen-bond donors (Lipinski definition) is 0. The number of rotatable bonds is 6. The highest BCUT2D eigenvalue weighted by Gasteiger charge is 2.12. The van der Waals surface area contributed by atoms with Crippen LogP contribution in [0.15, 0.2) is 76.4 Å². The van der Waals surface area contributed by atoms with E-state index in [1.54, 1.807) is 18.2 Å². The predicted octanol–water partition coefficient (Wildman–Crippen LogP) is 4.75. The molecule has 4 aromatic rings. The highest BCUT2D eigenvalue weighted by molar-refractivity contribution is 7.99. The number of hydrogen-bond acceptors (Lipinski definition) is 8. The van der Waals surface area contributed by atoms with Crippen LogP contribution < -0.4 is 0 Å². The van der Waals surface area contributed by atoms with Gasteiger partial charge in [0.2, 0.25) is 5.89 Å². The summed E-state index contributed by atoms with van der Waals surface area (Å²) in [5.74, 6) is 5.88. The second-order valence-electron chi connectivity index (χ2n) is 6.42. The standard InChI is InChI=1S/C23H15N3O5S/c27-22(20-9-5-7-16-6-1-2-8-19(16)20)30-14-3-4-15-32-23-25-24-21(31-23)17-10-12-18(13-11-17)26(28)29/h1-2,5-13H,14-15H2. The van der Waals surface area contributed by atoms with Crippen molar-refractivity contribution in [2.75, 3.05) is 12.4 Å². The number of nitro benzene ring substituents is 1. The Morgan fingerprint density at radius 3 is 2.62 bits per heavy atom. The predicted molar refractivity (Wildman–Crippen MR) is 119 cm³/mol. The summed E-state index contributed by atoms with van der Waals surface area (Å²) in [4.78, 5) is 22.6. The normalized spacial score (nSPS) is 10.4. The number of esters is 1. The van der Waals surface area contributed by atoms with Crippen LogP contribution in [0.25, 0.3) is 22.2 Å². The topological polar surface area (TPSA) is 108 Å². The van der Waals surface area contributed by atoms with Crippen molar-refractivity contribution in [3.8, 4) is 23.3 Å². The molecule has 0 amide bonds. The maximum atomic E-state index is 12.3. The average molecular weight is 445 g/mol. The highest BCUT2D eigenvalue weighted by Crippen LogP contribution is 2.24. The second-order valence-corrected chi connectivity index (χ2v) is 7.35. The number of carbonyl (C=O) groups is 1. The van der Waals surface area contributed by atoms with Crippen LogP contribution in [0.5, 0.6) is 0 Å². The maximum Gasteiger partial charge on any atom is 0.339 e. The summed E-state index contributed by atoms with van der Waals surface area (Å²) >= 11 is 1.24. The van der Waals surface area contributed by atoms with Crippen LogP contribution >= 0.6 is 11.8 Å². The third kappa shape index (κ3) is 4.94. The van der Waals surface area contributed by atoms with E-state index >= 15 is 0 Å². The van der Waals surface area contributed by atoms with Gasteiger partial charge in [0.1, 0.15) is 0 Å².